The van der Waals surface area contributed by atoms with E-state index in [4.69, 9.17) is 37.9 Å². The smallest absolute Gasteiger partial charge is 0.204 e. The Labute approximate surface area is 257 Å². The fourth-order valence-corrected chi connectivity index (χ4v) is 6.39. The topological polar surface area (TPSA) is 73.8 Å². The first-order chi connectivity index (χ1) is 21.6. The number of ether oxygens (including phenoxy) is 8. The third kappa shape index (κ3) is 4.80. The highest BCUT2D eigenvalue weighted by Crippen LogP contribution is 2.65. The van der Waals surface area contributed by atoms with Gasteiger partial charge in [0.1, 0.15) is 23.7 Å². The zero-order chi connectivity index (χ0) is 30.8. The summed E-state index contributed by atoms with van der Waals surface area (Å²) in [5, 5.41) is 0. The van der Waals surface area contributed by atoms with Crippen molar-refractivity contribution < 1.29 is 37.9 Å². The standard InChI is InChI=1S/C36H36O8/c1-37-24-19-26(39-3)32(41-5)35-28(24)23(18-17-21-13-9-7-10-14-21)29-31(22-15-11-8-12-16-22)43-36-30(34(29)44-35)25(38-2)20-27(40-4)33(36)42-6/h7-20,23,29,31,34H,1-6H3/b18-17+/t23-,29?,31-,34?/m0/s1. The van der Waals surface area contributed by atoms with Gasteiger partial charge in [0.25, 0.3) is 0 Å². The number of methoxy groups -OCH3 is 6. The monoisotopic (exact) mass is 596 g/mol. The maximum absolute atomic E-state index is 7.04. The lowest BCUT2D eigenvalue weighted by Gasteiger charge is -2.47. The molecule has 0 fully saturated rings. The molecule has 4 aromatic rings. The number of benzene rings is 4. The van der Waals surface area contributed by atoms with Crippen LogP contribution in [-0.4, -0.2) is 42.7 Å². The lowest BCUT2D eigenvalue weighted by Crippen LogP contribution is -2.39. The molecular weight excluding hydrogens is 560 g/mol. The van der Waals surface area contributed by atoms with Gasteiger partial charge < -0.3 is 37.9 Å². The number of hydrogen-bond donors (Lipinski definition) is 0. The fraction of sp³-hybridized carbons (Fsp3) is 0.278. The highest BCUT2D eigenvalue weighted by atomic mass is 16.6. The summed E-state index contributed by atoms with van der Waals surface area (Å²) in [6.07, 6.45) is 3.31. The molecule has 2 heterocycles. The molecule has 6 rings (SSSR count). The van der Waals surface area contributed by atoms with Crippen LogP contribution in [0.1, 0.15) is 40.4 Å². The molecule has 228 valence electrons. The molecule has 0 radical (unpaired) electrons. The summed E-state index contributed by atoms with van der Waals surface area (Å²) in [5.74, 6) is 3.62. The van der Waals surface area contributed by atoms with E-state index in [0.717, 1.165) is 22.3 Å². The molecule has 0 aliphatic carbocycles. The zero-order valence-electron chi connectivity index (χ0n) is 25.7. The predicted octanol–water partition coefficient (Wildman–Crippen LogP) is 7.42. The SMILES string of the molecule is COc1cc(OC)c2c(c1OC)O[C@@H](c1ccccc1)C1C2Oc2c(OC)c(OC)cc(OC)c2[C@@H]1/C=C/c1ccccc1. The van der Waals surface area contributed by atoms with E-state index < -0.39 is 12.2 Å². The Morgan fingerprint density at radius 3 is 1.59 bits per heavy atom. The Hall–Kier alpha value is -4.98. The number of fused-ring (bicyclic) bond motifs is 4. The van der Waals surface area contributed by atoms with Gasteiger partial charge in [0.15, 0.2) is 23.0 Å². The lowest BCUT2D eigenvalue weighted by atomic mass is 9.70. The van der Waals surface area contributed by atoms with Crippen LogP contribution in [0.3, 0.4) is 0 Å². The molecule has 4 aromatic carbocycles. The predicted molar refractivity (Wildman–Crippen MR) is 167 cm³/mol. The van der Waals surface area contributed by atoms with Crippen LogP contribution in [0.4, 0.5) is 0 Å². The van der Waals surface area contributed by atoms with Gasteiger partial charge in [-0.3, -0.25) is 0 Å². The van der Waals surface area contributed by atoms with Crippen molar-refractivity contribution in [1.29, 1.82) is 0 Å². The molecule has 0 N–H and O–H groups in total. The molecule has 2 aliphatic heterocycles. The minimum atomic E-state index is -0.553. The summed E-state index contributed by atoms with van der Waals surface area (Å²) >= 11 is 0. The third-order valence-corrected chi connectivity index (χ3v) is 8.34. The molecule has 4 atom stereocenters. The van der Waals surface area contributed by atoms with Gasteiger partial charge in [-0.15, -0.1) is 0 Å². The van der Waals surface area contributed by atoms with Crippen LogP contribution in [-0.2, 0) is 0 Å². The molecule has 2 aliphatic rings. The second-order valence-electron chi connectivity index (χ2n) is 10.5. The van der Waals surface area contributed by atoms with E-state index in [1.165, 1.54) is 0 Å². The Bertz CT molecular complexity index is 1650. The van der Waals surface area contributed by atoms with Crippen LogP contribution in [0.2, 0.25) is 0 Å². The van der Waals surface area contributed by atoms with E-state index in [2.05, 4.69) is 36.4 Å². The maximum Gasteiger partial charge on any atom is 0.204 e. The number of hydrogen-bond acceptors (Lipinski definition) is 8. The number of allylic oxidation sites excluding steroid dienone is 1. The Kier molecular flexibility index (Phi) is 8.15. The van der Waals surface area contributed by atoms with Crippen molar-refractivity contribution in [2.75, 3.05) is 42.7 Å². The van der Waals surface area contributed by atoms with E-state index in [9.17, 15) is 0 Å². The van der Waals surface area contributed by atoms with Gasteiger partial charge in [0, 0.05) is 23.6 Å². The van der Waals surface area contributed by atoms with Crippen LogP contribution in [0.5, 0.6) is 46.0 Å². The minimum absolute atomic E-state index is 0.255. The van der Waals surface area contributed by atoms with Crippen LogP contribution < -0.4 is 37.9 Å². The minimum Gasteiger partial charge on any atom is -0.496 e. The largest absolute Gasteiger partial charge is 0.496 e. The summed E-state index contributed by atoms with van der Waals surface area (Å²) in [6, 6.07) is 24.0. The first-order valence-corrected chi connectivity index (χ1v) is 14.4. The van der Waals surface area contributed by atoms with Crippen LogP contribution >= 0.6 is 0 Å². The second kappa shape index (κ2) is 12.3. The summed E-state index contributed by atoms with van der Waals surface area (Å²) in [4.78, 5) is 0. The van der Waals surface area contributed by atoms with Gasteiger partial charge in [0.2, 0.25) is 11.5 Å². The summed E-state index contributed by atoms with van der Waals surface area (Å²) in [7, 11) is 9.65. The quantitative estimate of drug-likeness (QED) is 0.198. The van der Waals surface area contributed by atoms with Crippen molar-refractivity contribution in [3.05, 3.63) is 101 Å². The highest BCUT2D eigenvalue weighted by Gasteiger charge is 2.53. The molecule has 0 aromatic heterocycles. The molecular formula is C36H36O8. The van der Waals surface area contributed by atoms with Crippen molar-refractivity contribution in [3.8, 4) is 46.0 Å². The van der Waals surface area contributed by atoms with E-state index in [-0.39, 0.29) is 11.8 Å². The summed E-state index contributed by atoms with van der Waals surface area (Å²) in [6.45, 7) is 0. The van der Waals surface area contributed by atoms with E-state index >= 15 is 0 Å². The van der Waals surface area contributed by atoms with Gasteiger partial charge in [0.05, 0.1) is 54.1 Å². The Balaban J connectivity index is 1.68. The van der Waals surface area contributed by atoms with Crippen molar-refractivity contribution in [3.63, 3.8) is 0 Å². The van der Waals surface area contributed by atoms with E-state index in [0.29, 0.717) is 46.0 Å². The maximum atomic E-state index is 7.04. The van der Waals surface area contributed by atoms with Gasteiger partial charge >= 0.3 is 0 Å². The molecule has 8 heteroatoms. The first kappa shape index (κ1) is 29.1. The summed E-state index contributed by atoms with van der Waals surface area (Å²) < 4.78 is 49.2. The lowest BCUT2D eigenvalue weighted by molar-refractivity contribution is -0.0138. The highest BCUT2D eigenvalue weighted by molar-refractivity contribution is 5.69. The van der Waals surface area contributed by atoms with Gasteiger partial charge in [-0.05, 0) is 11.1 Å². The van der Waals surface area contributed by atoms with Gasteiger partial charge in [-0.2, -0.15) is 0 Å². The molecule has 2 unspecified atom stereocenters. The Morgan fingerprint density at radius 2 is 1.05 bits per heavy atom. The molecule has 0 spiro atoms. The average molecular weight is 597 g/mol. The molecule has 0 amide bonds. The van der Waals surface area contributed by atoms with Crippen LogP contribution in [0.25, 0.3) is 6.08 Å². The van der Waals surface area contributed by atoms with E-state index in [1.807, 2.05) is 42.5 Å². The normalized spacial score (nSPS) is 19.9. The average Bonchev–Trinajstić information content (AvgIpc) is 3.08. The first-order valence-electron chi connectivity index (χ1n) is 14.4. The molecule has 8 nitrogen and oxygen atoms in total. The van der Waals surface area contributed by atoms with Crippen molar-refractivity contribution >= 4 is 6.08 Å². The van der Waals surface area contributed by atoms with Crippen LogP contribution in [0.15, 0.2) is 78.9 Å². The zero-order valence-corrected chi connectivity index (χ0v) is 25.7. The number of rotatable bonds is 9. The Morgan fingerprint density at radius 1 is 0.545 bits per heavy atom. The van der Waals surface area contributed by atoms with Crippen molar-refractivity contribution in [2.24, 2.45) is 5.92 Å². The third-order valence-electron chi connectivity index (χ3n) is 8.34. The second-order valence-corrected chi connectivity index (χ2v) is 10.5. The fourth-order valence-electron chi connectivity index (χ4n) is 6.39. The summed E-state index contributed by atoms with van der Waals surface area (Å²) in [5.41, 5.74) is 3.61. The van der Waals surface area contributed by atoms with Crippen molar-refractivity contribution in [1.82, 2.24) is 0 Å². The van der Waals surface area contributed by atoms with Crippen LogP contribution in [0, 0.1) is 5.92 Å². The molecule has 0 saturated carbocycles. The van der Waals surface area contributed by atoms with Gasteiger partial charge in [-0.25, -0.2) is 0 Å². The molecule has 0 saturated heterocycles. The molecule has 0 bridgehead atoms. The van der Waals surface area contributed by atoms with Gasteiger partial charge in [-0.1, -0.05) is 72.8 Å². The molecule has 44 heavy (non-hydrogen) atoms. The van der Waals surface area contributed by atoms with E-state index in [1.54, 1.807) is 48.7 Å². The van der Waals surface area contributed by atoms with Crippen molar-refractivity contribution in [2.45, 2.75) is 18.1 Å².